The summed E-state index contributed by atoms with van der Waals surface area (Å²) in [6.07, 6.45) is -0.975. The number of rotatable bonds is 1. The molecular weight excluding hydrogens is 361 g/mol. The van der Waals surface area contributed by atoms with Crippen molar-refractivity contribution in [3.63, 3.8) is 0 Å². The highest BCUT2D eigenvalue weighted by Crippen LogP contribution is 2.44. The summed E-state index contributed by atoms with van der Waals surface area (Å²) in [7, 11) is 0. The van der Waals surface area contributed by atoms with Crippen molar-refractivity contribution >= 4 is 22.8 Å². The molecule has 1 aliphatic rings. The molecule has 0 saturated carbocycles. The van der Waals surface area contributed by atoms with Gasteiger partial charge in [-0.25, -0.2) is 9.18 Å². The van der Waals surface area contributed by atoms with Gasteiger partial charge in [0.2, 0.25) is 0 Å². The first-order valence-corrected chi connectivity index (χ1v) is 7.74. The molecule has 0 unspecified atom stereocenters. The van der Waals surface area contributed by atoms with Gasteiger partial charge in [-0.2, -0.15) is 22.2 Å². The zero-order valence-corrected chi connectivity index (χ0v) is 14.2. The minimum absolute atomic E-state index is 0.0622. The standard InChI is InChI=1S/C16H16F5N3O2/c1-14(2,3)26-13(25)24-10-6-4-5-9(17)11(10)12(22-24)23-7-15(18,19)16(20,21)8-23/h4-6H,7-8H2,1-3H3. The molecule has 1 aromatic carbocycles. The van der Waals surface area contributed by atoms with Crippen LogP contribution in [0, 0.1) is 5.82 Å². The van der Waals surface area contributed by atoms with Crippen molar-refractivity contribution in [2.24, 2.45) is 0 Å². The monoisotopic (exact) mass is 377 g/mol. The summed E-state index contributed by atoms with van der Waals surface area (Å²) in [5, 5.41) is 3.51. The Morgan fingerprint density at radius 2 is 1.73 bits per heavy atom. The number of anilines is 1. The molecule has 0 aliphatic carbocycles. The highest BCUT2D eigenvalue weighted by molar-refractivity contribution is 5.96. The third-order valence-corrected chi connectivity index (χ3v) is 3.82. The molecule has 1 fully saturated rings. The smallest absolute Gasteiger partial charge is 0.435 e. The molecular formula is C16H16F5N3O2. The SMILES string of the molecule is CC(C)(C)OC(=O)n1nc(N2CC(F)(F)C(F)(F)C2)c2c(F)cccc21. The fraction of sp³-hybridized carbons (Fsp3) is 0.500. The number of carbonyl (C=O) groups excluding carboxylic acids is 1. The van der Waals surface area contributed by atoms with E-state index in [1.165, 1.54) is 12.1 Å². The van der Waals surface area contributed by atoms with Crippen molar-refractivity contribution < 1.29 is 31.5 Å². The first kappa shape index (κ1) is 18.4. The van der Waals surface area contributed by atoms with Crippen LogP contribution in [0.2, 0.25) is 0 Å². The number of fused-ring (bicyclic) bond motifs is 1. The molecule has 1 aliphatic heterocycles. The van der Waals surface area contributed by atoms with E-state index in [-0.39, 0.29) is 10.9 Å². The lowest BCUT2D eigenvalue weighted by Gasteiger charge is -2.19. The van der Waals surface area contributed by atoms with Crippen LogP contribution in [0.1, 0.15) is 20.8 Å². The number of nitrogens with zero attached hydrogens (tertiary/aromatic N) is 3. The maximum atomic E-state index is 14.3. The Morgan fingerprint density at radius 3 is 2.27 bits per heavy atom. The number of hydrogen-bond acceptors (Lipinski definition) is 4. The summed E-state index contributed by atoms with van der Waals surface area (Å²) < 4.78 is 74.3. The van der Waals surface area contributed by atoms with Gasteiger partial charge in [-0.3, -0.25) is 0 Å². The summed E-state index contributed by atoms with van der Waals surface area (Å²) in [6, 6.07) is 3.64. The lowest BCUT2D eigenvalue weighted by molar-refractivity contribution is -0.172. The van der Waals surface area contributed by atoms with Crippen molar-refractivity contribution in [1.82, 2.24) is 9.78 Å². The van der Waals surface area contributed by atoms with E-state index >= 15 is 0 Å². The second-order valence-corrected chi connectivity index (χ2v) is 7.11. The molecule has 0 radical (unpaired) electrons. The average Bonchev–Trinajstić information content (AvgIpc) is 2.94. The fourth-order valence-corrected chi connectivity index (χ4v) is 2.69. The summed E-state index contributed by atoms with van der Waals surface area (Å²) in [5.74, 6) is -9.91. The quantitative estimate of drug-likeness (QED) is 0.704. The van der Waals surface area contributed by atoms with E-state index in [2.05, 4.69) is 5.10 Å². The van der Waals surface area contributed by atoms with Crippen LogP contribution in [0.4, 0.5) is 32.6 Å². The molecule has 2 heterocycles. The maximum absolute atomic E-state index is 14.3. The maximum Gasteiger partial charge on any atom is 0.435 e. The van der Waals surface area contributed by atoms with E-state index in [0.29, 0.717) is 9.58 Å². The van der Waals surface area contributed by atoms with Gasteiger partial charge in [-0.15, -0.1) is 5.10 Å². The van der Waals surface area contributed by atoms with Gasteiger partial charge < -0.3 is 9.64 Å². The molecule has 10 heteroatoms. The Balaban J connectivity index is 2.12. The van der Waals surface area contributed by atoms with Crippen molar-refractivity contribution in [2.45, 2.75) is 38.2 Å². The topological polar surface area (TPSA) is 47.4 Å². The number of halogens is 5. The van der Waals surface area contributed by atoms with Gasteiger partial charge in [-0.05, 0) is 32.9 Å². The van der Waals surface area contributed by atoms with Crippen LogP contribution in [0.5, 0.6) is 0 Å². The summed E-state index contributed by atoms with van der Waals surface area (Å²) in [6.45, 7) is 2.11. The van der Waals surface area contributed by atoms with E-state index in [9.17, 15) is 26.7 Å². The third kappa shape index (κ3) is 2.97. The molecule has 1 saturated heterocycles. The molecule has 0 spiro atoms. The number of benzene rings is 1. The van der Waals surface area contributed by atoms with Gasteiger partial charge in [0.1, 0.15) is 11.4 Å². The number of alkyl halides is 4. The van der Waals surface area contributed by atoms with Gasteiger partial charge in [0.15, 0.2) is 5.82 Å². The highest BCUT2D eigenvalue weighted by atomic mass is 19.3. The molecule has 26 heavy (non-hydrogen) atoms. The van der Waals surface area contributed by atoms with E-state index in [1.807, 2.05) is 0 Å². The minimum atomic E-state index is -4.29. The normalized spacial score (nSPS) is 19.2. The summed E-state index contributed by atoms with van der Waals surface area (Å²) in [4.78, 5) is 12.9. The molecule has 0 atom stereocenters. The third-order valence-electron chi connectivity index (χ3n) is 3.82. The Bertz CT molecular complexity index is 857. The van der Waals surface area contributed by atoms with Crippen LogP contribution in [0.15, 0.2) is 18.2 Å². The van der Waals surface area contributed by atoms with Crippen molar-refractivity contribution in [1.29, 1.82) is 0 Å². The van der Waals surface area contributed by atoms with Crippen LogP contribution < -0.4 is 4.90 Å². The summed E-state index contributed by atoms with van der Waals surface area (Å²) >= 11 is 0. The van der Waals surface area contributed by atoms with Gasteiger partial charge in [0, 0.05) is 0 Å². The number of aromatic nitrogens is 2. The zero-order valence-electron chi connectivity index (χ0n) is 14.2. The molecule has 1 aromatic heterocycles. The Kier molecular flexibility index (Phi) is 3.93. The van der Waals surface area contributed by atoms with Crippen LogP contribution in [0.3, 0.4) is 0 Å². The lowest BCUT2D eigenvalue weighted by Crippen LogP contribution is -2.38. The highest BCUT2D eigenvalue weighted by Gasteiger charge is 2.63. The second-order valence-electron chi connectivity index (χ2n) is 7.11. The molecule has 0 bridgehead atoms. The molecule has 5 nitrogen and oxygen atoms in total. The lowest BCUT2D eigenvalue weighted by atomic mass is 10.2. The van der Waals surface area contributed by atoms with E-state index in [0.717, 1.165) is 6.07 Å². The van der Waals surface area contributed by atoms with Crippen LogP contribution in [-0.4, -0.2) is 46.4 Å². The average molecular weight is 377 g/mol. The van der Waals surface area contributed by atoms with Crippen LogP contribution in [0.25, 0.3) is 10.9 Å². The largest absolute Gasteiger partial charge is 0.442 e. The predicted octanol–water partition coefficient (Wildman–Crippen LogP) is 4.05. The van der Waals surface area contributed by atoms with E-state index in [4.69, 9.17) is 4.74 Å². The Morgan fingerprint density at radius 1 is 1.15 bits per heavy atom. The molecule has 0 amide bonds. The van der Waals surface area contributed by atoms with Gasteiger partial charge >= 0.3 is 17.9 Å². The molecule has 2 aromatic rings. The van der Waals surface area contributed by atoms with Gasteiger partial charge in [-0.1, -0.05) is 6.07 Å². The van der Waals surface area contributed by atoms with Crippen LogP contribution in [-0.2, 0) is 4.74 Å². The first-order chi connectivity index (χ1) is 11.8. The minimum Gasteiger partial charge on any atom is -0.442 e. The zero-order chi connectivity index (χ0) is 19.5. The second kappa shape index (κ2) is 5.55. The van der Waals surface area contributed by atoms with Gasteiger partial charge in [0.25, 0.3) is 0 Å². The fourth-order valence-electron chi connectivity index (χ4n) is 2.69. The van der Waals surface area contributed by atoms with Crippen LogP contribution >= 0.6 is 0 Å². The number of ether oxygens (including phenoxy) is 1. The number of hydrogen-bond donors (Lipinski definition) is 0. The number of carbonyl (C=O) groups is 1. The summed E-state index contributed by atoms with van der Waals surface area (Å²) in [5.41, 5.74) is -0.955. The van der Waals surface area contributed by atoms with Crippen molar-refractivity contribution in [3.8, 4) is 0 Å². The molecule has 142 valence electrons. The molecule has 3 rings (SSSR count). The van der Waals surface area contributed by atoms with Crippen molar-refractivity contribution in [3.05, 3.63) is 24.0 Å². The van der Waals surface area contributed by atoms with Gasteiger partial charge in [0.05, 0.1) is 24.0 Å². The Hall–Kier alpha value is -2.39. The van der Waals surface area contributed by atoms with Crippen molar-refractivity contribution in [2.75, 3.05) is 18.0 Å². The van der Waals surface area contributed by atoms with E-state index < -0.39 is 48.3 Å². The molecule has 0 N–H and O–H groups in total. The van der Waals surface area contributed by atoms with E-state index in [1.54, 1.807) is 20.8 Å². The Labute approximate surface area is 145 Å². The first-order valence-electron chi connectivity index (χ1n) is 7.74. The predicted molar refractivity (Wildman–Crippen MR) is 83.4 cm³/mol.